The average Bonchev–Trinajstić information content (AvgIpc) is 2.30. The second-order valence-electron chi connectivity index (χ2n) is 3.78. The third-order valence-corrected chi connectivity index (χ3v) is 2.44. The van der Waals surface area contributed by atoms with Gasteiger partial charge in [0.05, 0.1) is 6.61 Å². The van der Waals surface area contributed by atoms with Crippen LogP contribution in [0.5, 0.6) is 5.75 Å². The van der Waals surface area contributed by atoms with Crippen LogP contribution in [0.1, 0.15) is 31.9 Å². The van der Waals surface area contributed by atoms with Gasteiger partial charge in [-0.3, -0.25) is 0 Å². The fourth-order valence-electron chi connectivity index (χ4n) is 1.55. The van der Waals surface area contributed by atoms with E-state index >= 15 is 0 Å². The molecule has 1 aromatic carbocycles. The third kappa shape index (κ3) is 4.21. The molecule has 0 spiro atoms. The van der Waals surface area contributed by atoms with E-state index in [9.17, 15) is 0 Å². The smallest absolute Gasteiger partial charge is 0.119 e. The van der Waals surface area contributed by atoms with E-state index in [-0.39, 0.29) is 6.61 Å². The first-order chi connectivity index (χ1) is 7.77. The van der Waals surface area contributed by atoms with E-state index < -0.39 is 0 Å². The molecule has 90 valence electrons. The summed E-state index contributed by atoms with van der Waals surface area (Å²) in [4.78, 5) is 0. The van der Waals surface area contributed by atoms with E-state index in [4.69, 9.17) is 9.84 Å². The van der Waals surface area contributed by atoms with Crippen molar-refractivity contribution in [1.29, 1.82) is 0 Å². The largest absolute Gasteiger partial charge is 0.493 e. The minimum atomic E-state index is 0.174. The van der Waals surface area contributed by atoms with Gasteiger partial charge >= 0.3 is 0 Å². The lowest BCUT2D eigenvalue weighted by Crippen LogP contribution is -2.17. The van der Waals surface area contributed by atoms with Crippen molar-refractivity contribution in [2.75, 3.05) is 19.8 Å². The summed E-state index contributed by atoms with van der Waals surface area (Å²) in [7, 11) is 0. The van der Waals surface area contributed by atoms with E-state index in [2.05, 4.69) is 25.2 Å². The van der Waals surface area contributed by atoms with Crippen molar-refractivity contribution in [1.82, 2.24) is 5.32 Å². The zero-order valence-corrected chi connectivity index (χ0v) is 10.1. The highest BCUT2D eigenvalue weighted by Crippen LogP contribution is 2.19. The number of rotatable bonds is 7. The van der Waals surface area contributed by atoms with Crippen LogP contribution in [0.3, 0.4) is 0 Å². The molecule has 3 heteroatoms. The van der Waals surface area contributed by atoms with Gasteiger partial charge in [0.1, 0.15) is 5.75 Å². The minimum absolute atomic E-state index is 0.174. The molecule has 0 bridgehead atoms. The Morgan fingerprint density at radius 3 is 2.94 bits per heavy atom. The topological polar surface area (TPSA) is 41.5 Å². The molecule has 0 aliphatic heterocycles. The molecular weight excluding hydrogens is 202 g/mol. The molecule has 0 amide bonds. The van der Waals surface area contributed by atoms with Crippen LogP contribution in [0.15, 0.2) is 24.3 Å². The predicted molar refractivity (Wildman–Crippen MR) is 65.7 cm³/mol. The summed E-state index contributed by atoms with van der Waals surface area (Å²) in [6.45, 7) is 5.92. The van der Waals surface area contributed by atoms with Gasteiger partial charge in [-0.1, -0.05) is 19.1 Å². The standard InChI is InChI=1S/C13H21NO2/c1-3-14-11(2)12-6-4-7-13(10-12)16-9-5-8-15/h4,6-7,10-11,14-15H,3,5,8-9H2,1-2H3. The van der Waals surface area contributed by atoms with Crippen molar-refractivity contribution >= 4 is 0 Å². The number of benzene rings is 1. The Labute approximate surface area is 97.4 Å². The summed E-state index contributed by atoms with van der Waals surface area (Å²) in [6.07, 6.45) is 0.674. The molecule has 0 radical (unpaired) electrons. The van der Waals surface area contributed by atoms with Crippen molar-refractivity contribution in [2.45, 2.75) is 26.3 Å². The van der Waals surface area contributed by atoms with Gasteiger partial charge in [-0.15, -0.1) is 0 Å². The molecule has 3 nitrogen and oxygen atoms in total. The molecule has 1 atom stereocenters. The Bertz CT molecular complexity index is 302. The van der Waals surface area contributed by atoms with Gasteiger partial charge < -0.3 is 15.2 Å². The van der Waals surface area contributed by atoms with Crippen LogP contribution in [0.25, 0.3) is 0 Å². The van der Waals surface area contributed by atoms with Gasteiger partial charge in [-0.2, -0.15) is 0 Å². The lowest BCUT2D eigenvalue weighted by Gasteiger charge is -2.14. The number of aliphatic hydroxyl groups is 1. The highest BCUT2D eigenvalue weighted by atomic mass is 16.5. The van der Waals surface area contributed by atoms with Crippen LogP contribution in [-0.4, -0.2) is 24.9 Å². The first kappa shape index (κ1) is 13.0. The molecular formula is C13H21NO2. The fraction of sp³-hybridized carbons (Fsp3) is 0.538. The number of hydrogen-bond donors (Lipinski definition) is 2. The van der Waals surface area contributed by atoms with E-state index in [1.54, 1.807) is 0 Å². The third-order valence-electron chi connectivity index (χ3n) is 2.44. The number of hydrogen-bond acceptors (Lipinski definition) is 3. The SMILES string of the molecule is CCNC(C)c1cccc(OCCCO)c1. The molecule has 0 aliphatic rings. The Kier molecular flexibility index (Phi) is 5.90. The molecule has 16 heavy (non-hydrogen) atoms. The van der Waals surface area contributed by atoms with Crippen molar-refractivity contribution < 1.29 is 9.84 Å². The zero-order chi connectivity index (χ0) is 11.8. The zero-order valence-electron chi connectivity index (χ0n) is 10.1. The van der Waals surface area contributed by atoms with Crippen molar-refractivity contribution in [2.24, 2.45) is 0 Å². The van der Waals surface area contributed by atoms with E-state index in [0.717, 1.165) is 12.3 Å². The van der Waals surface area contributed by atoms with Gasteiger partial charge in [-0.25, -0.2) is 0 Å². The fourth-order valence-corrected chi connectivity index (χ4v) is 1.55. The van der Waals surface area contributed by atoms with E-state index in [1.165, 1.54) is 5.56 Å². The van der Waals surface area contributed by atoms with Gasteiger partial charge in [0.15, 0.2) is 0 Å². The summed E-state index contributed by atoms with van der Waals surface area (Å²) in [5, 5.41) is 12.0. The molecule has 0 saturated heterocycles. The monoisotopic (exact) mass is 223 g/mol. The highest BCUT2D eigenvalue weighted by molar-refractivity contribution is 5.30. The maximum absolute atomic E-state index is 8.67. The molecule has 2 N–H and O–H groups in total. The molecule has 1 unspecified atom stereocenters. The highest BCUT2D eigenvalue weighted by Gasteiger charge is 2.04. The van der Waals surface area contributed by atoms with Crippen LogP contribution in [0.2, 0.25) is 0 Å². The molecule has 0 heterocycles. The lowest BCUT2D eigenvalue weighted by atomic mass is 10.1. The number of ether oxygens (including phenoxy) is 1. The van der Waals surface area contributed by atoms with Gasteiger partial charge in [0.25, 0.3) is 0 Å². The van der Waals surface area contributed by atoms with Crippen LogP contribution in [0.4, 0.5) is 0 Å². The molecule has 1 aromatic rings. The second kappa shape index (κ2) is 7.25. The summed E-state index contributed by atoms with van der Waals surface area (Å²) >= 11 is 0. The van der Waals surface area contributed by atoms with Crippen LogP contribution in [-0.2, 0) is 0 Å². The first-order valence-corrected chi connectivity index (χ1v) is 5.85. The molecule has 0 fully saturated rings. The van der Waals surface area contributed by atoms with E-state index in [1.807, 2.05) is 18.2 Å². The molecule has 1 rings (SSSR count). The summed E-state index contributed by atoms with van der Waals surface area (Å²) in [5.74, 6) is 0.871. The van der Waals surface area contributed by atoms with Gasteiger partial charge in [-0.05, 0) is 31.2 Å². The summed E-state index contributed by atoms with van der Waals surface area (Å²) in [5.41, 5.74) is 1.23. The van der Waals surface area contributed by atoms with Gasteiger partial charge in [0.2, 0.25) is 0 Å². The van der Waals surface area contributed by atoms with Crippen LogP contribution < -0.4 is 10.1 Å². The average molecular weight is 223 g/mol. The number of nitrogens with one attached hydrogen (secondary N) is 1. The van der Waals surface area contributed by atoms with Crippen molar-refractivity contribution in [3.63, 3.8) is 0 Å². The van der Waals surface area contributed by atoms with Gasteiger partial charge in [0, 0.05) is 19.1 Å². The summed E-state index contributed by atoms with van der Waals surface area (Å²) in [6, 6.07) is 8.42. The lowest BCUT2D eigenvalue weighted by molar-refractivity contribution is 0.233. The van der Waals surface area contributed by atoms with Crippen molar-refractivity contribution in [3.8, 4) is 5.75 Å². The Hall–Kier alpha value is -1.06. The van der Waals surface area contributed by atoms with Crippen LogP contribution >= 0.6 is 0 Å². The molecule has 0 saturated carbocycles. The Balaban J connectivity index is 2.56. The Morgan fingerprint density at radius 1 is 1.44 bits per heavy atom. The van der Waals surface area contributed by atoms with Crippen LogP contribution in [0, 0.1) is 0 Å². The minimum Gasteiger partial charge on any atom is -0.493 e. The normalized spacial score (nSPS) is 12.4. The first-order valence-electron chi connectivity index (χ1n) is 5.85. The molecule has 0 aliphatic carbocycles. The Morgan fingerprint density at radius 2 is 2.25 bits per heavy atom. The summed E-state index contributed by atoms with van der Waals surface area (Å²) < 4.78 is 5.53. The maximum Gasteiger partial charge on any atom is 0.119 e. The van der Waals surface area contributed by atoms with E-state index in [0.29, 0.717) is 19.1 Å². The predicted octanol–water partition coefficient (Wildman–Crippen LogP) is 2.12. The number of aliphatic hydroxyl groups excluding tert-OH is 1. The quantitative estimate of drug-likeness (QED) is 0.696. The molecule has 0 aromatic heterocycles. The van der Waals surface area contributed by atoms with Crippen molar-refractivity contribution in [3.05, 3.63) is 29.8 Å². The second-order valence-corrected chi connectivity index (χ2v) is 3.78. The maximum atomic E-state index is 8.67.